The van der Waals surface area contributed by atoms with Gasteiger partial charge in [0.1, 0.15) is 6.10 Å². The zero-order valence-corrected chi connectivity index (χ0v) is 8.40. The average molecular weight is 196 g/mol. The number of hydrogen-bond acceptors (Lipinski definition) is 3. The zero-order valence-electron chi connectivity index (χ0n) is 8.40. The highest BCUT2D eigenvalue weighted by Crippen LogP contribution is 2.38. The fourth-order valence-electron chi connectivity index (χ4n) is 2.44. The molecule has 1 aliphatic carbocycles. The van der Waals surface area contributed by atoms with Crippen molar-refractivity contribution in [2.45, 2.75) is 38.4 Å². The lowest BCUT2D eigenvalue weighted by Gasteiger charge is -2.19. The first-order valence-electron chi connectivity index (χ1n) is 5.17. The lowest BCUT2D eigenvalue weighted by Crippen LogP contribution is -2.30. The van der Waals surface area contributed by atoms with E-state index in [9.17, 15) is 9.90 Å². The van der Waals surface area contributed by atoms with E-state index >= 15 is 0 Å². The first-order chi connectivity index (χ1) is 6.59. The molecule has 3 heteroatoms. The van der Waals surface area contributed by atoms with Crippen molar-refractivity contribution in [3.63, 3.8) is 0 Å². The van der Waals surface area contributed by atoms with Crippen molar-refractivity contribution in [1.82, 2.24) is 0 Å². The Labute approximate surface area is 83.8 Å². The molecule has 4 atom stereocenters. The van der Waals surface area contributed by atoms with E-state index in [2.05, 4.69) is 13.5 Å². The van der Waals surface area contributed by atoms with Gasteiger partial charge < -0.3 is 9.84 Å². The summed E-state index contributed by atoms with van der Waals surface area (Å²) in [4.78, 5) is 11.2. The predicted octanol–water partition coefficient (Wildman–Crippen LogP) is 1.27. The number of aliphatic hydroxyl groups excluding tert-OH is 1. The van der Waals surface area contributed by atoms with Gasteiger partial charge in [-0.1, -0.05) is 13.5 Å². The summed E-state index contributed by atoms with van der Waals surface area (Å²) in [5.74, 6) is 0.221. The highest BCUT2D eigenvalue weighted by atomic mass is 16.6. The third-order valence-electron chi connectivity index (χ3n) is 3.34. The van der Waals surface area contributed by atoms with E-state index in [1.165, 1.54) is 0 Å². The molecule has 4 unspecified atom stereocenters. The van der Waals surface area contributed by atoms with Gasteiger partial charge in [0.15, 0.2) is 0 Å². The summed E-state index contributed by atoms with van der Waals surface area (Å²) in [6, 6.07) is 0. The summed E-state index contributed by atoms with van der Waals surface area (Å²) in [6.45, 7) is 5.85. The molecule has 0 aromatic rings. The first-order valence-corrected chi connectivity index (χ1v) is 5.17. The van der Waals surface area contributed by atoms with Crippen LogP contribution in [0.5, 0.6) is 0 Å². The fraction of sp³-hybridized carbons (Fsp3) is 0.727. The number of rotatable bonds is 0. The largest absolute Gasteiger partial charge is 0.456 e. The van der Waals surface area contributed by atoms with E-state index in [1.54, 1.807) is 0 Å². The SMILES string of the molecule is C=C1C(=O)OC2C(O)CC(C)CCC12. The first kappa shape index (κ1) is 9.71. The van der Waals surface area contributed by atoms with Crippen LogP contribution in [0.4, 0.5) is 0 Å². The normalized spacial score (nSPS) is 43.0. The number of carbonyl (C=O) groups is 1. The number of ether oxygens (including phenoxy) is 1. The summed E-state index contributed by atoms with van der Waals surface area (Å²) in [5.41, 5.74) is 0.545. The van der Waals surface area contributed by atoms with Gasteiger partial charge in [-0.2, -0.15) is 0 Å². The van der Waals surface area contributed by atoms with Crippen molar-refractivity contribution < 1.29 is 14.6 Å². The molecule has 1 saturated heterocycles. The molecule has 0 aromatic carbocycles. The van der Waals surface area contributed by atoms with Gasteiger partial charge >= 0.3 is 5.97 Å². The van der Waals surface area contributed by atoms with Crippen LogP contribution in [0.15, 0.2) is 12.2 Å². The summed E-state index contributed by atoms with van der Waals surface area (Å²) < 4.78 is 5.13. The molecule has 2 fully saturated rings. The lowest BCUT2D eigenvalue weighted by atomic mass is 9.92. The van der Waals surface area contributed by atoms with Gasteiger partial charge in [0, 0.05) is 11.5 Å². The standard InChI is InChI=1S/C11H16O3/c1-6-3-4-8-7(2)11(13)14-10(8)9(12)5-6/h6,8-10,12H,2-5H2,1H3. The molecule has 0 radical (unpaired) electrons. The van der Waals surface area contributed by atoms with Crippen molar-refractivity contribution in [1.29, 1.82) is 0 Å². The van der Waals surface area contributed by atoms with Gasteiger partial charge in [0.2, 0.25) is 0 Å². The van der Waals surface area contributed by atoms with Gasteiger partial charge in [-0.15, -0.1) is 0 Å². The molecular formula is C11H16O3. The van der Waals surface area contributed by atoms with E-state index in [0.717, 1.165) is 19.3 Å². The van der Waals surface area contributed by atoms with Crippen LogP contribution in [-0.4, -0.2) is 23.3 Å². The quantitative estimate of drug-likeness (QED) is 0.468. The second-order valence-corrected chi connectivity index (χ2v) is 4.49. The lowest BCUT2D eigenvalue weighted by molar-refractivity contribution is -0.144. The van der Waals surface area contributed by atoms with Crippen LogP contribution in [-0.2, 0) is 9.53 Å². The van der Waals surface area contributed by atoms with Crippen LogP contribution >= 0.6 is 0 Å². The molecule has 1 saturated carbocycles. The third kappa shape index (κ3) is 1.46. The Hall–Kier alpha value is -0.830. The minimum atomic E-state index is -0.513. The monoisotopic (exact) mass is 196 g/mol. The summed E-state index contributed by atoms with van der Waals surface area (Å²) in [7, 11) is 0. The van der Waals surface area contributed by atoms with Crippen molar-refractivity contribution in [2.75, 3.05) is 0 Å². The Bertz CT molecular complexity index is 272. The van der Waals surface area contributed by atoms with Crippen LogP contribution in [0.25, 0.3) is 0 Å². The Morgan fingerprint density at radius 2 is 2.21 bits per heavy atom. The topological polar surface area (TPSA) is 46.5 Å². The maximum absolute atomic E-state index is 11.2. The van der Waals surface area contributed by atoms with Gasteiger partial charge in [0.25, 0.3) is 0 Å². The van der Waals surface area contributed by atoms with Crippen LogP contribution in [0.3, 0.4) is 0 Å². The molecule has 2 rings (SSSR count). The number of carbonyl (C=O) groups excluding carboxylic acids is 1. The number of esters is 1. The smallest absolute Gasteiger partial charge is 0.334 e. The molecule has 14 heavy (non-hydrogen) atoms. The molecule has 2 aliphatic rings. The summed E-state index contributed by atoms with van der Waals surface area (Å²) in [5, 5.41) is 9.85. The maximum Gasteiger partial charge on any atom is 0.334 e. The van der Waals surface area contributed by atoms with E-state index in [1.807, 2.05) is 0 Å². The van der Waals surface area contributed by atoms with Gasteiger partial charge in [-0.05, 0) is 25.2 Å². The summed E-state index contributed by atoms with van der Waals surface area (Å²) in [6.07, 6.45) is 1.82. The molecule has 1 aliphatic heterocycles. The highest BCUT2D eigenvalue weighted by Gasteiger charge is 2.44. The second kappa shape index (κ2) is 3.39. The predicted molar refractivity (Wildman–Crippen MR) is 51.5 cm³/mol. The second-order valence-electron chi connectivity index (χ2n) is 4.49. The molecule has 0 aromatic heterocycles. The Morgan fingerprint density at radius 3 is 2.93 bits per heavy atom. The van der Waals surface area contributed by atoms with Crippen molar-refractivity contribution >= 4 is 5.97 Å². The average Bonchev–Trinajstić information content (AvgIpc) is 2.32. The van der Waals surface area contributed by atoms with E-state index in [0.29, 0.717) is 11.5 Å². The minimum Gasteiger partial charge on any atom is -0.456 e. The molecule has 0 amide bonds. The molecule has 1 N–H and O–H groups in total. The van der Waals surface area contributed by atoms with Crippen LogP contribution in [0.2, 0.25) is 0 Å². The van der Waals surface area contributed by atoms with Crippen LogP contribution < -0.4 is 0 Å². The van der Waals surface area contributed by atoms with Crippen molar-refractivity contribution in [3.05, 3.63) is 12.2 Å². The van der Waals surface area contributed by atoms with Gasteiger partial charge in [0.05, 0.1) is 6.10 Å². The van der Waals surface area contributed by atoms with Gasteiger partial charge in [-0.3, -0.25) is 0 Å². The highest BCUT2D eigenvalue weighted by molar-refractivity contribution is 5.90. The molecule has 78 valence electrons. The Kier molecular flexibility index (Phi) is 2.35. The molecule has 0 bridgehead atoms. The fourth-order valence-corrected chi connectivity index (χ4v) is 2.44. The van der Waals surface area contributed by atoms with Crippen molar-refractivity contribution in [3.8, 4) is 0 Å². The van der Waals surface area contributed by atoms with E-state index < -0.39 is 6.10 Å². The summed E-state index contributed by atoms with van der Waals surface area (Å²) >= 11 is 0. The van der Waals surface area contributed by atoms with Crippen molar-refractivity contribution in [2.24, 2.45) is 11.8 Å². The van der Waals surface area contributed by atoms with Crippen LogP contribution in [0.1, 0.15) is 26.2 Å². The molecule has 3 nitrogen and oxygen atoms in total. The number of aliphatic hydroxyl groups is 1. The Balaban J connectivity index is 2.19. The van der Waals surface area contributed by atoms with E-state index in [4.69, 9.17) is 4.74 Å². The number of fused-ring (bicyclic) bond motifs is 1. The van der Waals surface area contributed by atoms with Gasteiger partial charge in [-0.25, -0.2) is 4.79 Å². The number of hydrogen-bond donors (Lipinski definition) is 1. The third-order valence-corrected chi connectivity index (χ3v) is 3.34. The zero-order chi connectivity index (χ0) is 10.3. The Morgan fingerprint density at radius 1 is 1.50 bits per heavy atom. The van der Waals surface area contributed by atoms with Crippen LogP contribution in [0, 0.1) is 11.8 Å². The van der Waals surface area contributed by atoms with E-state index in [-0.39, 0.29) is 18.0 Å². The molecule has 0 spiro atoms. The maximum atomic E-state index is 11.2. The molecular weight excluding hydrogens is 180 g/mol. The molecule has 1 heterocycles. The minimum absolute atomic E-state index is 0.0439.